The van der Waals surface area contributed by atoms with Crippen LogP contribution >= 0.6 is 28.1 Å². The van der Waals surface area contributed by atoms with E-state index >= 15 is 0 Å². The lowest BCUT2D eigenvalue weighted by molar-refractivity contribution is 0.720. The Morgan fingerprint density at radius 1 is 1.14 bits per heavy atom. The van der Waals surface area contributed by atoms with Crippen molar-refractivity contribution in [3.63, 3.8) is 0 Å². The summed E-state index contributed by atoms with van der Waals surface area (Å²) in [5.74, 6) is 0. The average Bonchev–Trinajstić information content (AvgIpc) is 2.20. The average molecular weight is 270 g/mol. The summed E-state index contributed by atoms with van der Waals surface area (Å²) < 4.78 is 1.11. The maximum atomic E-state index is 5.36. The Morgan fingerprint density at radius 2 is 1.86 bits per heavy atom. The van der Waals surface area contributed by atoms with Gasteiger partial charge in [0.15, 0.2) is 0 Å². The van der Waals surface area contributed by atoms with Gasteiger partial charge in [0.25, 0.3) is 0 Å². The SMILES string of the molecule is S=C1CCCCN1c1ccc(Br)cc1. The molecule has 1 saturated heterocycles. The van der Waals surface area contributed by atoms with Crippen LogP contribution in [-0.4, -0.2) is 11.5 Å². The predicted octanol–water partition coefficient (Wildman–Crippen LogP) is 3.77. The third-order valence-corrected chi connectivity index (χ3v) is 3.41. The van der Waals surface area contributed by atoms with E-state index in [-0.39, 0.29) is 0 Å². The molecule has 0 radical (unpaired) electrons. The van der Waals surface area contributed by atoms with E-state index in [0.29, 0.717) is 0 Å². The van der Waals surface area contributed by atoms with Gasteiger partial charge in [0.05, 0.1) is 4.99 Å². The fraction of sp³-hybridized carbons (Fsp3) is 0.364. The van der Waals surface area contributed by atoms with Crippen molar-refractivity contribution in [1.29, 1.82) is 0 Å². The third kappa shape index (κ3) is 2.15. The zero-order chi connectivity index (χ0) is 9.97. The van der Waals surface area contributed by atoms with Gasteiger partial charge in [0, 0.05) is 16.7 Å². The maximum absolute atomic E-state index is 5.36. The first kappa shape index (κ1) is 10.1. The van der Waals surface area contributed by atoms with Gasteiger partial charge in [-0.2, -0.15) is 0 Å². The van der Waals surface area contributed by atoms with Crippen LogP contribution in [0.25, 0.3) is 0 Å². The molecule has 1 nitrogen and oxygen atoms in total. The molecule has 1 heterocycles. The lowest BCUT2D eigenvalue weighted by Crippen LogP contribution is -2.33. The van der Waals surface area contributed by atoms with E-state index < -0.39 is 0 Å². The molecule has 0 amide bonds. The van der Waals surface area contributed by atoms with Crippen molar-refractivity contribution in [1.82, 2.24) is 0 Å². The number of halogens is 1. The number of piperidine rings is 1. The highest BCUT2D eigenvalue weighted by molar-refractivity contribution is 9.10. The molecule has 1 aliphatic rings. The predicted molar refractivity (Wildman–Crippen MR) is 67.9 cm³/mol. The highest BCUT2D eigenvalue weighted by atomic mass is 79.9. The molecule has 0 aliphatic carbocycles. The van der Waals surface area contributed by atoms with Crippen molar-refractivity contribution in [3.05, 3.63) is 28.7 Å². The Hall–Kier alpha value is -0.410. The minimum atomic E-state index is 1.06. The molecule has 0 N–H and O–H groups in total. The summed E-state index contributed by atoms with van der Waals surface area (Å²) in [6, 6.07) is 8.35. The van der Waals surface area contributed by atoms with Gasteiger partial charge >= 0.3 is 0 Å². The molecule has 1 aromatic carbocycles. The monoisotopic (exact) mass is 269 g/mol. The maximum Gasteiger partial charge on any atom is 0.0823 e. The molecule has 14 heavy (non-hydrogen) atoms. The second kappa shape index (κ2) is 4.41. The Kier molecular flexibility index (Phi) is 3.19. The van der Waals surface area contributed by atoms with E-state index in [1.54, 1.807) is 0 Å². The molecular weight excluding hydrogens is 258 g/mol. The van der Waals surface area contributed by atoms with Gasteiger partial charge < -0.3 is 4.90 Å². The van der Waals surface area contributed by atoms with Crippen molar-refractivity contribution >= 4 is 38.8 Å². The molecule has 0 saturated carbocycles. The highest BCUT2D eigenvalue weighted by Crippen LogP contribution is 2.23. The number of thiocarbonyl (C=S) groups is 1. The van der Waals surface area contributed by atoms with E-state index in [4.69, 9.17) is 12.2 Å². The largest absolute Gasteiger partial charge is 0.336 e. The van der Waals surface area contributed by atoms with Gasteiger partial charge in [-0.1, -0.05) is 28.1 Å². The Labute approximate surface area is 98.2 Å². The summed E-state index contributed by atoms with van der Waals surface area (Å²) >= 11 is 8.79. The number of hydrogen-bond acceptors (Lipinski definition) is 1. The van der Waals surface area contributed by atoms with Gasteiger partial charge in [-0.15, -0.1) is 0 Å². The van der Waals surface area contributed by atoms with Crippen LogP contribution < -0.4 is 4.90 Å². The lowest BCUT2D eigenvalue weighted by Gasteiger charge is -2.29. The second-order valence-corrected chi connectivity index (χ2v) is 4.87. The summed E-state index contributed by atoms with van der Waals surface area (Å²) in [5.41, 5.74) is 1.22. The van der Waals surface area contributed by atoms with Crippen LogP contribution in [-0.2, 0) is 0 Å². The van der Waals surface area contributed by atoms with Crippen molar-refractivity contribution in [2.75, 3.05) is 11.4 Å². The van der Waals surface area contributed by atoms with Crippen LogP contribution in [0.15, 0.2) is 28.7 Å². The number of hydrogen-bond donors (Lipinski definition) is 0. The fourth-order valence-electron chi connectivity index (χ4n) is 1.70. The Balaban J connectivity index is 2.20. The number of nitrogens with zero attached hydrogens (tertiary/aromatic N) is 1. The van der Waals surface area contributed by atoms with Crippen LogP contribution in [0.1, 0.15) is 19.3 Å². The van der Waals surface area contributed by atoms with Crippen LogP contribution in [0.2, 0.25) is 0 Å². The summed E-state index contributed by atoms with van der Waals surface area (Å²) in [5, 5.41) is 0. The summed E-state index contributed by atoms with van der Waals surface area (Å²) in [6.45, 7) is 1.07. The second-order valence-electron chi connectivity index (χ2n) is 3.48. The quantitative estimate of drug-likeness (QED) is 0.715. The van der Waals surface area contributed by atoms with E-state index in [1.165, 1.54) is 18.5 Å². The molecule has 0 unspecified atom stereocenters. The number of anilines is 1. The summed E-state index contributed by atoms with van der Waals surface area (Å²) in [7, 11) is 0. The molecule has 2 rings (SSSR count). The molecule has 1 aliphatic heterocycles. The normalized spacial score (nSPS) is 17.2. The van der Waals surface area contributed by atoms with Crippen molar-refractivity contribution < 1.29 is 0 Å². The minimum Gasteiger partial charge on any atom is -0.336 e. The van der Waals surface area contributed by atoms with E-state index in [0.717, 1.165) is 22.4 Å². The Bertz CT molecular complexity index is 334. The lowest BCUT2D eigenvalue weighted by atomic mass is 10.1. The van der Waals surface area contributed by atoms with E-state index in [1.807, 2.05) is 0 Å². The van der Waals surface area contributed by atoms with Crippen LogP contribution in [0.3, 0.4) is 0 Å². The summed E-state index contributed by atoms with van der Waals surface area (Å²) in [4.78, 5) is 3.32. The number of benzene rings is 1. The van der Waals surface area contributed by atoms with Crippen molar-refractivity contribution in [2.24, 2.45) is 0 Å². The van der Waals surface area contributed by atoms with E-state index in [2.05, 4.69) is 45.1 Å². The Morgan fingerprint density at radius 3 is 2.50 bits per heavy atom. The first-order chi connectivity index (χ1) is 6.77. The zero-order valence-electron chi connectivity index (χ0n) is 7.87. The van der Waals surface area contributed by atoms with Crippen LogP contribution in [0.4, 0.5) is 5.69 Å². The molecule has 0 spiro atoms. The first-order valence-electron chi connectivity index (χ1n) is 4.83. The molecule has 0 bridgehead atoms. The minimum absolute atomic E-state index is 1.06. The molecule has 0 aromatic heterocycles. The molecule has 74 valence electrons. The molecule has 1 aromatic rings. The first-order valence-corrected chi connectivity index (χ1v) is 6.03. The molecule has 0 atom stereocenters. The van der Waals surface area contributed by atoms with Gasteiger partial charge in [-0.3, -0.25) is 0 Å². The van der Waals surface area contributed by atoms with Gasteiger partial charge in [-0.25, -0.2) is 0 Å². The number of rotatable bonds is 1. The molecular formula is C11H12BrNS. The van der Waals surface area contributed by atoms with Crippen LogP contribution in [0.5, 0.6) is 0 Å². The fourth-order valence-corrected chi connectivity index (χ4v) is 2.31. The summed E-state index contributed by atoms with van der Waals surface area (Å²) in [6.07, 6.45) is 3.55. The third-order valence-electron chi connectivity index (χ3n) is 2.46. The standard InChI is InChI=1S/C11H12BrNS/c12-9-4-6-10(7-5-9)13-8-2-1-3-11(13)14/h4-7H,1-3,8H2. The molecule has 3 heteroatoms. The van der Waals surface area contributed by atoms with E-state index in [9.17, 15) is 0 Å². The smallest absolute Gasteiger partial charge is 0.0823 e. The van der Waals surface area contributed by atoms with Crippen molar-refractivity contribution in [3.8, 4) is 0 Å². The molecule has 1 fully saturated rings. The zero-order valence-corrected chi connectivity index (χ0v) is 10.3. The van der Waals surface area contributed by atoms with Gasteiger partial charge in [0.1, 0.15) is 0 Å². The van der Waals surface area contributed by atoms with Crippen LogP contribution in [0, 0.1) is 0 Å². The topological polar surface area (TPSA) is 3.24 Å². The highest BCUT2D eigenvalue weighted by Gasteiger charge is 2.15. The van der Waals surface area contributed by atoms with Gasteiger partial charge in [-0.05, 0) is 43.5 Å². The van der Waals surface area contributed by atoms with Gasteiger partial charge in [0.2, 0.25) is 0 Å². The van der Waals surface area contributed by atoms with Crippen molar-refractivity contribution in [2.45, 2.75) is 19.3 Å².